The zero-order valence-corrected chi connectivity index (χ0v) is 13.5. The van der Waals surface area contributed by atoms with Gasteiger partial charge in [-0.2, -0.15) is 10.1 Å². The highest BCUT2D eigenvalue weighted by molar-refractivity contribution is 5.90. The fourth-order valence-corrected chi connectivity index (χ4v) is 2.85. The molecule has 0 radical (unpaired) electrons. The van der Waals surface area contributed by atoms with E-state index in [-0.39, 0.29) is 12.0 Å². The topological polar surface area (TPSA) is 95.1 Å². The minimum atomic E-state index is -0.0853. The third-order valence-corrected chi connectivity index (χ3v) is 4.32. The van der Waals surface area contributed by atoms with Crippen molar-refractivity contribution < 1.29 is 14.1 Å². The van der Waals surface area contributed by atoms with Crippen LogP contribution in [0.3, 0.4) is 0 Å². The van der Waals surface area contributed by atoms with Crippen LogP contribution in [-0.2, 0) is 22.5 Å². The second-order valence-corrected chi connectivity index (χ2v) is 6.45. The minimum Gasteiger partial charge on any atom is -0.376 e. The molecule has 2 aromatic heterocycles. The van der Waals surface area contributed by atoms with Crippen molar-refractivity contribution in [3.63, 3.8) is 0 Å². The molecule has 128 valence electrons. The molecule has 0 aromatic carbocycles. The predicted molar refractivity (Wildman–Crippen MR) is 84.4 cm³/mol. The molecule has 8 nitrogen and oxygen atoms in total. The molecule has 0 spiro atoms. The van der Waals surface area contributed by atoms with E-state index in [0.717, 1.165) is 44.7 Å². The van der Waals surface area contributed by atoms with Crippen LogP contribution in [-0.4, -0.2) is 38.5 Å². The summed E-state index contributed by atoms with van der Waals surface area (Å²) in [6, 6.07) is 0. The maximum Gasteiger partial charge on any atom is 0.227 e. The summed E-state index contributed by atoms with van der Waals surface area (Å²) in [5.74, 6) is 1.69. The van der Waals surface area contributed by atoms with Crippen molar-refractivity contribution in [3.05, 3.63) is 24.1 Å². The number of amides is 1. The van der Waals surface area contributed by atoms with E-state index in [1.165, 1.54) is 0 Å². The highest BCUT2D eigenvalue weighted by Crippen LogP contribution is 2.38. The summed E-state index contributed by atoms with van der Waals surface area (Å²) in [4.78, 5) is 16.4. The molecule has 0 unspecified atom stereocenters. The van der Waals surface area contributed by atoms with Crippen LogP contribution in [0.25, 0.3) is 0 Å². The van der Waals surface area contributed by atoms with E-state index < -0.39 is 0 Å². The average molecular weight is 331 g/mol. The number of rotatable bonds is 7. The second-order valence-electron chi connectivity index (χ2n) is 6.45. The van der Waals surface area contributed by atoms with E-state index in [4.69, 9.17) is 9.26 Å². The molecule has 1 aliphatic heterocycles. The van der Waals surface area contributed by atoms with E-state index in [1.54, 1.807) is 6.20 Å². The molecular weight excluding hydrogens is 310 g/mol. The molecule has 1 saturated heterocycles. The smallest absolute Gasteiger partial charge is 0.227 e. The molecule has 3 heterocycles. The molecule has 24 heavy (non-hydrogen) atoms. The van der Waals surface area contributed by atoms with Crippen LogP contribution in [0.4, 0.5) is 5.69 Å². The van der Waals surface area contributed by atoms with Crippen molar-refractivity contribution >= 4 is 11.6 Å². The molecule has 1 amide bonds. The normalized spacial score (nSPS) is 20.4. The van der Waals surface area contributed by atoms with Gasteiger partial charge in [0.05, 0.1) is 24.5 Å². The van der Waals surface area contributed by atoms with Gasteiger partial charge in [-0.1, -0.05) is 5.16 Å². The Morgan fingerprint density at radius 3 is 3.08 bits per heavy atom. The molecule has 1 aliphatic carbocycles. The molecule has 1 atom stereocenters. The lowest BCUT2D eigenvalue weighted by Gasteiger charge is -2.08. The minimum absolute atomic E-state index is 0.0853. The number of carbonyl (C=O) groups excluding carboxylic acids is 1. The van der Waals surface area contributed by atoms with Gasteiger partial charge < -0.3 is 14.6 Å². The zero-order valence-electron chi connectivity index (χ0n) is 13.5. The molecular formula is C16H21N5O3. The molecule has 2 aromatic rings. The van der Waals surface area contributed by atoms with Gasteiger partial charge in [-0.3, -0.25) is 9.48 Å². The summed E-state index contributed by atoms with van der Waals surface area (Å²) in [5, 5.41) is 11.1. The fraction of sp³-hybridized carbons (Fsp3) is 0.625. The number of anilines is 1. The summed E-state index contributed by atoms with van der Waals surface area (Å²) in [6.07, 6.45) is 8.92. The summed E-state index contributed by atoms with van der Waals surface area (Å²) in [6.45, 7) is 1.55. The largest absolute Gasteiger partial charge is 0.376 e. The van der Waals surface area contributed by atoms with E-state index in [2.05, 4.69) is 20.6 Å². The Balaban J connectivity index is 1.23. The molecule has 4 rings (SSSR count). The van der Waals surface area contributed by atoms with Gasteiger partial charge in [-0.25, -0.2) is 0 Å². The van der Waals surface area contributed by atoms with Crippen molar-refractivity contribution in [2.24, 2.45) is 0 Å². The highest BCUT2D eigenvalue weighted by Gasteiger charge is 2.28. The first-order valence-corrected chi connectivity index (χ1v) is 8.52. The van der Waals surface area contributed by atoms with Crippen LogP contribution in [0.1, 0.15) is 49.7 Å². The zero-order chi connectivity index (χ0) is 16.4. The first-order chi connectivity index (χ1) is 11.8. The standard InChI is InChI=1S/C16H21N5O3/c22-14(5-6-15-19-16(20-24-15)11-3-4-11)18-12-8-17-21(9-12)10-13-2-1-7-23-13/h8-9,11,13H,1-7,10H2,(H,18,22)/t13-/m1/s1. The Morgan fingerprint density at radius 1 is 1.38 bits per heavy atom. The Kier molecular flexibility index (Phi) is 4.29. The third-order valence-electron chi connectivity index (χ3n) is 4.32. The number of carbonyl (C=O) groups is 1. The molecule has 1 saturated carbocycles. The predicted octanol–water partition coefficient (Wildman–Crippen LogP) is 1.89. The maximum absolute atomic E-state index is 12.0. The first kappa shape index (κ1) is 15.3. The first-order valence-electron chi connectivity index (χ1n) is 8.52. The number of hydrogen-bond donors (Lipinski definition) is 1. The van der Waals surface area contributed by atoms with Crippen LogP contribution in [0.15, 0.2) is 16.9 Å². The maximum atomic E-state index is 12.0. The van der Waals surface area contributed by atoms with Crippen molar-refractivity contribution in [2.45, 2.75) is 57.1 Å². The van der Waals surface area contributed by atoms with Gasteiger partial charge in [0.1, 0.15) is 0 Å². The van der Waals surface area contributed by atoms with E-state index >= 15 is 0 Å². The van der Waals surface area contributed by atoms with E-state index in [0.29, 0.717) is 30.3 Å². The van der Waals surface area contributed by atoms with Gasteiger partial charge in [0.25, 0.3) is 0 Å². The lowest BCUT2D eigenvalue weighted by atomic mass is 10.2. The quantitative estimate of drug-likeness (QED) is 0.832. The number of nitrogens with zero attached hydrogens (tertiary/aromatic N) is 4. The van der Waals surface area contributed by atoms with Crippen molar-refractivity contribution in [2.75, 3.05) is 11.9 Å². The van der Waals surface area contributed by atoms with Crippen LogP contribution in [0.2, 0.25) is 0 Å². The fourth-order valence-electron chi connectivity index (χ4n) is 2.85. The summed E-state index contributed by atoms with van der Waals surface area (Å²) in [5.41, 5.74) is 0.696. The summed E-state index contributed by atoms with van der Waals surface area (Å²) in [7, 11) is 0. The lowest BCUT2D eigenvalue weighted by Crippen LogP contribution is -2.15. The second kappa shape index (κ2) is 6.72. The summed E-state index contributed by atoms with van der Waals surface area (Å²) < 4.78 is 12.6. The van der Waals surface area contributed by atoms with Crippen LogP contribution < -0.4 is 5.32 Å². The third kappa shape index (κ3) is 3.81. The van der Waals surface area contributed by atoms with E-state index in [1.807, 2.05) is 10.9 Å². The molecule has 1 N–H and O–H groups in total. The van der Waals surface area contributed by atoms with Crippen molar-refractivity contribution in [1.82, 2.24) is 19.9 Å². The Morgan fingerprint density at radius 2 is 2.29 bits per heavy atom. The average Bonchev–Trinajstić information content (AvgIpc) is 2.98. The Bertz CT molecular complexity index is 700. The number of ether oxygens (including phenoxy) is 1. The van der Waals surface area contributed by atoms with Crippen LogP contribution in [0, 0.1) is 0 Å². The lowest BCUT2D eigenvalue weighted by molar-refractivity contribution is -0.116. The number of nitrogens with one attached hydrogen (secondary N) is 1. The van der Waals surface area contributed by atoms with Gasteiger partial charge in [-0.05, 0) is 25.7 Å². The number of aromatic nitrogens is 4. The highest BCUT2D eigenvalue weighted by atomic mass is 16.5. The Labute approximate surface area is 139 Å². The van der Waals surface area contributed by atoms with Crippen molar-refractivity contribution in [3.8, 4) is 0 Å². The Hall–Kier alpha value is -2.22. The number of aryl methyl sites for hydroxylation is 1. The molecule has 2 aliphatic rings. The van der Waals surface area contributed by atoms with Gasteiger partial charge in [0, 0.05) is 31.6 Å². The molecule has 8 heteroatoms. The van der Waals surface area contributed by atoms with Gasteiger partial charge in [0.15, 0.2) is 5.82 Å². The monoisotopic (exact) mass is 331 g/mol. The van der Waals surface area contributed by atoms with Crippen LogP contribution >= 0.6 is 0 Å². The van der Waals surface area contributed by atoms with Gasteiger partial charge >= 0.3 is 0 Å². The summed E-state index contributed by atoms with van der Waals surface area (Å²) >= 11 is 0. The molecule has 2 fully saturated rings. The van der Waals surface area contributed by atoms with Gasteiger partial charge in [-0.15, -0.1) is 0 Å². The van der Waals surface area contributed by atoms with Crippen molar-refractivity contribution in [1.29, 1.82) is 0 Å². The molecule has 0 bridgehead atoms. The van der Waals surface area contributed by atoms with E-state index in [9.17, 15) is 4.79 Å². The SMILES string of the molecule is O=C(CCc1nc(C2CC2)no1)Nc1cnn(C[C@H]2CCCO2)c1. The van der Waals surface area contributed by atoms with Crippen LogP contribution in [0.5, 0.6) is 0 Å². The number of hydrogen-bond acceptors (Lipinski definition) is 6. The van der Waals surface area contributed by atoms with Gasteiger partial charge in [0.2, 0.25) is 11.8 Å².